The maximum atomic E-state index is 12.9. The van der Waals surface area contributed by atoms with Gasteiger partial charge in [0.25, 0.3) is 0 Å². The van der Waals surface area contributed by atoms with Crippen LogP contribution in [-0.2, 0) is 11.3 Å². The van der Waals surface area contributed by atoms with Gasteiger partial charge in [-0.05, 0) is 91.9 Å². The number of carbonyl (C=O) groups excluding carboxylic acids is 1. The molecule has 0 heterocycles. The summed E-state index contributed by atoms with van der Waals surface area (Å²) in [4.78, 5) is 14.8. The summed E-state index contributed by atoms with van der Waals surface area (Å²) < 4.78 is 0. The monoisotopic (exact) mass is 509 g/mol. The van der Waals surface area contributed by atoms with Gasteiger partial charge < -0.3 is 20.2 Å². The predicted molar refractivity (Wildman–Crippen MR) is 145 cm³/mol. The second kappa shape index (κ2) is 10.3. The Labute approximate surface area is 223 Å². The van der Waals surface area contributed by atoms with Crippen LogP contribution in [0, 0.1) is 46.3 Å². The predicted octanol–water partition coefficient (Wildman–Crippen LogP) is 4.94. The molecule has 4 aliphatic carbocycles. The molecule has 37 heavy (non-hydrogen) atoms. The standard InChI is InChI=1S/C32H47NO4/c1-20(10-13-29(37)33(4)19-21-8-6-5-7-9-21)24-11-12-25-30-26(18-28(36)32(24,25)3)31(2)15-14-23(34)16-22(31)17-27(30)35/h5-9,20,23-28,34-36H,10-19H2,1-4H3/t20-,23-,24-,25+,26+,27-,28+,31+,32-/m1/s1. The molecular formula is C32H47NO4. The summed E-state index contributed by atoms with van der Waals surface area (Å²) in [5, 5.41) is 33.4. The third-order valence-electron chi connectivity index (χ3n) is 11.4. The third-order valence-corrected chi connectivity index (χ3v) is 11.4. The number of aliphatic hydroxyl groups excluding tert-OH is 3. The van der Waals surface area contributed by atoms with Crippen molar-refractivity contribution in [1.29, 1.82) is 0 Å². The zero-order valence-electron chi connectivity index (χ0n) is 23.2. The lowest BCUT2D eigenvalue weighted by atomic mass is 9.43. The van der Waals surface area contributed by atoms with Crippen molar-refractivity contribution in [3.05, 3.63) is 47.7 Å². The summed E-state index contributed by atoms with van der Waals surface area (Å²) in [7, 11) is 1.88. The van der Waals surface area contributed by atoms with E-state index in [2.05, 4.69) is 32.9 Å². The van der Waals surface area contributed by atoms with Crippen molar-refractivity contribution in [2.75, 3.05) is 7.05 Å². The minimum Gasteiger partial charge on any atom is -0.393 e. The van der Waals surface area contributed by atoms with E-state index in [1.807, 2.05) is 30.1 Å². The lowest BCUT2D eigenvalue weighted by Crippen LogP contribution is -2.61. The van der Waals surface area contributed by atoms with E-state index in [0.29, 0.717) is 44.1 Å². The van der Waals surface area contributed by atoms with Gasteiger partial charge in [-0.1, -0.05) is 51.1 Å². The topological polar surface area (TPSA) is 81.0 Å². The SMILES string of the molecule is C[C@H](CCC(=O)N(C)Cc1ccccc1)[C@H]1CC[C@H]2[C]3[C@H](O)C[C]4C[C@H](O)CC[C@]4(C)[C@H]3C[C@H](O)[C@]12C. The first-order valence-corrected chi connectivity index (χ1v) is 14.6. The van der Waals surface area contributed by atoms with Crippen LogP contribution in [0.25, 0.3) is 0 Å². The van der Waals surface area contributed by atoms with E-state index in [1.165, 1.54) is 11.8 Å². The Bertz CT molecular complexity index is 953. The normalized spacial score (nSPS) is 40.9. The van der Waals surface area contributed by atoms with Crippen LogP contribution in [0.2, 0.25) is 0 Å². The molecule has 0 saturated heterocycles. The van der Waals surface area contributed by atoms with Crippen LogP contribution < -0.4 is 0 Å². The van der Waals surface area contributed by atoms with Gasteiger partial charge in [0, 0.05) is 31.3 Å². The van der Waals surface area contributed by atoms with Crippen LogP contribution in [0.4, 0.5) is 0 Å². The maximum Gasteiger partial charge on any atom is 0.222 e. The smallest absolute Gasteiger partial charge is 0.222 e. The van der Waals surface area contributed by atoms with Gasteiger partial charge in [0.05, 0.1) is 18.3 Å². The van der Waals surface area contributed by atoms with Gasteiger partial charge in [0.15, 0.2) is 0 Å². The van der Waals surface area contributed by atoms with E-state index in [0.717, 1.165) is 37.7 Å². The van der Waals surface area contributed by atoms with Gasteiger partial charge in [-0.3, -0.25) is 4.79 Å². The molecule has 0 spiro atoms. The molecule has 4 aliphatic rings. The Morgan fingerprint density at radius 2 is 1.78 bits per heavy atom. The summed E-state index contributed by atoms with van der Waals surface area (Å²) in [5.41, 5.74) is 0.866. The highest BCUT2D eigenvalue weighted by atomic mass is 16.3. The van der Waals surface area contributed by atoms with Crippen LogP contribution in [0.15, 0.2) is 30.3 Å². The average molecular weight is 510 g/mol. The van der Waals surface area contributed by atoms with Gasteiger partial charge in [0.2, 0.25) is 5.91 Å². The van der Waals surface area contributed by atoms with Gasteiger partial charge in [-0.25, -0.2) is 0 Å². The van der Waals surface area contributed by atoms with Gasteiger partial charge in [-0.2, -0.15) is 0 Å². The fourth-order valence-electron chi connectivity index (χ4n) is 9.12. The quantitative estimate of drug-likeness (QED) is 0.507. The highest BCUT2D eigenvalue weighted by Crippen LogP contribution is 2.69. The van der Waals surface area contributed by atoms with Crippen LogP contribution in [0.3, 0.4) is 0 Å². The second-order valence-corrected chi connectivity index (χ2v) is 13.3. The van der Waals surface area contributed by atoms with E-state index in [1.54, 1.807) is 0 Å². The first kappa shape index (κ1) is 27.1. The van der Waals surface area contributed by atoms with E-state index in [-0.39, 0.29) is 34.7 Å². The van der Waals surface area contributed by atoms with Crippen molar-refractivity contribution in [3.63, 3.8) is 0 Å². The summed E-state index contributed by atoms with van der Waals surface area (Å²) in [5.74, 6) is 3.88. The molecule has 5 rings (SSSR count). The average Bonchev–Trinajstić information content (AvgIpc) is 3.23. The van der Waals surface area contributed by atoms with Crippen molar-refractivity contribution in [1.82, 2.24) is 4.90 Å². The summed E-state index contributed by atoms with van der Waals surface area (Å²) >= 11 is 0. The Hall–Kier alpha value is -1.43. The number of amides is 1. The fourth-order valence-corrected chi connectivity index (χ4v) is 9.12. The molecule has 0 aliphatic heterocycles. The summed E-state index contributed by atoms with van der Waals surface area (Å²) in [6.45, 7) is 7.48. The Morgan fingerprint density at radius 1 is 1.05 bits per heavy atom. The molecule has 204 valence electrons. The molecule has 5 nitrogen and oxygen atoms in total. The third kappa shape index (κ3) is 4.67. The molecule has 9 atom stereocenters. The number of hydrogen-bond donors (Lipinski definition) is 3. The lowest BCUT2D eigenvalue weighted by Gasteiger charge is -2.63. The molecule has 0 bridgehead atoms. The number of nitrogens with zero attached hydrogens (tertiary/aromatic N) is 1. The van der Waals surface area contributed by atoms with Crippen LogP contribution in [0.1, 0.15) is 84.1 Å². The van der Waals surface area contributed by atoms with E-state index < -0.39 is 12.2 Å². The molecule has 1 aromatic rings. The molecule has 3 N–H and O–H groups in total. The van der Waals surface area contributed by atoms with Crippen molar-refractivity contribution in [2.24, 2.45) is 34.5 Å². The Balaban J connectivity index is 1.26. The van der Waals surface area contributed by atoms with Crippen LogP contribution in [-0.4, -0.2) is 51.5 Å². The minimum absolute atomic E-state index is 0.0183. The Morgan fingerprint density at radius 3 is 2.51 bits per heavy atom. The molecule has 1 amide bonds. The molecule has 0 unspecified atom stereocenters. The van der Waals surface area contributed by atoms with Gasteiger partial charge in [0.1, 0.15) is 0 Å². The van der Waals surface area contributed by atoms with Crippen molar-refractivity contribution >= 4 is 5.91 Å². The number of benzene rings is 1. The molecular weight excluding hydrogens is 462 g/mol. The zero-order chi connectivity index (χ0) is 26.5. The second-order valence-electron chi connectivity index (χ2n) is 13.3. The number of hydrogen-bond acceptors (Lipinski definition) is 4. The van der Waals surface area contributed by atoms with E-state index in [9.17, 15) is 20.1 Å². The van der Waals surface area contributed by atoms with E-state index in [4.69, 9.17) is 0 Å². The van der Waals surface area contributed by atoms with Crippen molar-refractivity contribution < 1.29 is 20.1 Å². The maximum absolute atomic E-state index is 12.9. The van der Waals surface area contributed by atoms with Gasteiger partial charge >= 0.3 is 0 Å². The van der Waals surface area contributed by atoms with Gasteiger partial charge in [-0.15, -0.1) is 0 Å². The van der Waals surface area contributed by atoms with Crippen molar-refractivity contribution in [3.8, 4) is 0 Å². The lowest BCUT2D eigenvalue weighted by molar-refractivity contribution is -0.131. The van der Waals surface area contributed by atoms with E-state index >= 15 is 0 Å². The van der Waals surface area contributed by atoms with Crippen LogP contribution >= 0.6 is 0 Å². The number of aliphatic hydroxyl groups is 3. The minimum atomic E-state index is -0.461. The van der Waals surface area contributed by atoms with Crippen molar-refractivity contribution in [2.45, 2.75) is 103 Å². The molecule has 1 aromatic carbocycles. The first-order chi connectivity index (χ1) is 17.6. The molecule has 5 heteroatoms. The number of carbonyl (C=O) groups is 1. The molecule has 2 radical (unpaired) electrons. The first-order valence-electron chi connectivity index (χ1n) is 14.6. The highest BCUT2D eigenvalue weighted by molar-refractivity contribution is 5.75. The highest BCUT2D eigenvalue weighted by Gasteiger charge is 2.66. The largest absolute Gasteiger partial charge is 0.393 e. The fraction of sp³-hybridized carbons (Fsp3) is 0.719. The van der Waals surface area contributed by atoms with Crippen LogP contribution in [0.5, 0.6) is 0 Å². The summed E-state index contributed by atoms with van der Waals surface area (Å²) in [6, 6.07) is 10.1. The Kier molecular flexibility index (Phi) is 7.54. The molecule has 4 saturated carbocycles. The number of rotatable bonds is 6. The zero-order valence-corrected chi connectivity index (χ0v) is 23.2. The summed E-state index contributed by atoms with van der Waals surface area (Å²) in [6.07, 6.45) is 6.08. The molecule has 4 fully saturated rings. The number of fused-ring (bicyclic) bond motifs is 5. The molecule has 0 aromatic heterocycles.